The second-order valence-electron chi connectivity index (χ2n) is 4.76. The third kappa shape index (κ3) is 4.13. The van der Waals surface area contributed by atoms with E-state index >= 15 is 0 Å². The van der Waals surface area contributed by atoms with E-state index in [2.05, 4.69) is 5.32 Å². The molecule has 104 valence electrons. The average molecular weight is 286 g/mol. The van der Waals surface area contributed by atoms with Crippen molar-refractivity contribution in [1.82, 2.24) is 0 Å². The lowest BCUT2D eigenvalue weighted by atomic mass is 9.89. The molecule has 2 N–H and O–H groups in total. The first-order valence-electron chi connectivity index (χ1n) is 5.63. The molecule has 0 aromatic heterocycles. The number of amides is 1. The number of carboxylic acid groups (broad SMARTS) is 1. The number of carboxylic acids is 1. The molecule has 6 heteroatoms. The number of nitrogens with one attached hydrogen (secondary N) is 1. The predicted octanol–water partition coefficient (Wildman–Crippen LogP) is 2.79. The summed E-state index contributed by atoms with van der Waals surface area (Å²) >= 11 is 5.93. The third-order valence-electron chi connectivity index (χ3n) is 2.62. The number of aliphatic carboxylic acids is 1. The number of halogens is 1. The highest BCUT2D eigenvalue weighted by atomic mass is 35.5. The lowest BCUT2D eigenvalue weighted by Crippen LogP contribution is -2.29. The van der Waals surface area contributed by atoms with E-state index in [4.69, 9.17) is 21.4 Å². The van der Waals surface area contributed by atoms with Crippen LogP contribution in [0.2, 0.25) is 5.02 Å². The molecule has 1 amide bonds. The Kier molecular flexibility index (Phi) is 4.78. The minimum Gasteiger partial charge on any atom is -0.495 e. The molecule has 1 aromatic rings. The van der Waals surface area contributed by atoms with Gasteiger partial charge in [0.15, 0.2) is 0 Å². The molecule has 0 aliphatic carbocycles. The van der Waals surface area contributed by atoms with Crippen molar-refractivity contribution in [2.75, 3.05) is 12.4 Å². The van der Waals surface area contributed by atoms with E-state index < -0.39 is 11.4 Å². The molecule has 0 heterocycles. The molecular weight excluding hydrogens is 270 g/mol. The van der Waals surface area contributed by atoms with Crippen LogP contribution in [0.5, 0.6) is 5.75 Å². The highest BCUT2D eigenvalue weighted by molar-refractivity contribution is 6.32. The van der Waals surface area contributed by atoms with Crippen molar-refractivity contribution < 1.29 is 19.4 Å². The fraction of sp³-hybridized carbons (Fsp3) is 0.385. The van der Waals surface area contributed by atoms with Crippen LogP contribution in [0.1, 0.15) is 20.3 Å². The highest BCUT2D eigenvalue weighted by Crippen LogP contribution is 2.28. The molecule has 0 spiro atoms. The topological polar surface area (TPSA) is 75.6 Å². The van der Waals surface area contributed by atoms with Crippen LogP contribution in [0.4, 0.5) is 5.69 Å². The lowest BCUT2D eigenvalue weighted by molar-refractivity contribution is -0.148. The van der Waals surface area contributed by atoms with Gasteiger partial charge >= 0.3 is 5.97 Å². The van der Waals surface area contributed by atoms with Gasteiger partial charge in [0.25, 0.3) is 0 Å². The Morgan fingerprint density at radius 3 is 2.53 bits per heavy atom. The second kappa shape index (κ2) is 5.93. The summed E-state index contributed by atoms with van der Waals surface area (Å²) in [5, 5.41) is 11.9. The van der Waals surface area contributed by atoms with Crippen LogP contribution in [0.3, 0.4) is 0 Å². The Labute approximate surface area is 116 Å². The van der Waals surface area contributed by atoms with E-state index in [1.165, 1.54) is 21.0 Å². The molecule has 0 atom stereocenters. The van der Waals surface area contributed by atoms with E-state index in [-0.39, 0.29) is 12.3 Å². The summed E-state index contributed by atoms with van der Waals surface area (Å²) < 4.78 is 4.99. The molecule has 0 bridgehead atoms. The number of ether oxygens (including phenoxy) is 1. The van der Waals surface area contributed by atoms with Crippen LogP contribution in [0.25, 0.3) is 0 Å². The Hall–Kier alpha value is -1.75. The normalized spacial score (nSPS) is 10.9. The van der Waals surface area contributed by atoms with Crippen LogP contribution in [-0.4, -0.2) is 24.1 Å². The molecule has 5 nitrogen and oxygen atoms in total. The monoisotopic (exact) mass is 285 g/mol. The van der Waals surface area contributed by atoms with Crippen molar-refractivity contribution in [3.05, 3.63) is 23.2 Å². The van der Waals surface area contributed by atoms with E-state index in [1.807, 2.05) is 0 Å². The van der Waals surface area contributed by atoms with Crippen molar-refractivity contribution >= 4 is 29.2 Å². The van der Waals surface area contributed by atoms with Crippen LogP contribution in [-0.2, 0) is 9.59 Å². The Bertz CT molecular complexity index is 499. The number of carbonyl (C=O) groups is 2. The molecule has 1 aromatic carbocycles. The maximum atomic E-state index is 11.7. The minimum atomic E-state index is -1.11. The molecular formula is C13H16ClNO4. The molecule has 0 unspecified atom stereocenters. The van der Waals surface area contributed by atoms with Gasteiger partial charge in [0.2, 0.25) is 5.91 Å². The summed E-state index contributed by atoms with van der Waals surface area (Å²) in [5.74, 6) is -0.894. The minimum absolute atomic E-state index is 0.119. The maximum Gasteiger partial charge on any atom is 0.309 e. The van der Waals surface area contributed by atoms with E-state index in [9.17, 15) is 9.59 Å². The maximum absolute atomic E-state index is 11.7. The number of rotatable bonds is 5. The average Bonchev–Trinajstić information content (AvgIpc) is 2.28. The van der Waals surface area contributed by atoms with Crippen molar-refractivity contribution in [3.63, 3.8) is 0 Å². The van der Waals surface area contributed by atoms with Crippen LogP contribution in [0.15, 0.2) is 18.2 Å². The van der Waals surface area contributed by atoms with Gasteiger partial charge in [0, 0.05) is 12.1 Å². The number of anilines is 1. The molecule has 19 heavy (non-hydrogen) atoms. The van der Waals surface area contributed by atoms with Gasteiger partial charge in [-0.3, -0.25) is 9.59 Å². The van der Waals surface area contributed by atoms with Gasteiger partial charge in [-0.1, -0.05) is 11.6 Å². The number of methoxy groups -OCH3 is 1. The van der Waals surface area contributed by atoms with Crippen molar-refractivity contribution in [1.29, 1.82) is 0 Å². The standard InChI is InChI=1S/C13H16ClNO4/c1-13(2,12(17)18)7-11(16)15-8-4-5-10(19-3)9(14)6-8/h4-6H,7H2,1-3H3,(H,15,16)(H,17,18). The number of carbonyl (C=O) groups excluding carboxylic acids is 1. The van der Waals surface area contributed by atoms with Crippen LogP contribution < -0.4 is 10.1 Å². The van der Waals surface area contributed by atoms with Gasteiger partial charge in [-0.15, -0.1) is 0 Å². The summed E-state index contributed by atoms with van der Waals surface area (Å²) in [5.41, 5.74) is -0.614. The Morgan fingerprint density at radius 2 is 2.05 bits per heavy atom. The summed E-state index contributed by atoms with van der Waals surface area (Å²) in [6, 6.07) is 4.81. The molecule has 0 aliphatic rings. The van der Waals surface area contributed by atoms with Crippen molar-refractivity contribution in [2.45, 2.75) is 20.3 Å². The summed E-state index contributed by atoms with van der Waals surface area (Å²) in [7, 11) is 1.49. The zero-order valence-electron chi connectivity index (χ0n) is 11.0. The van der Waals surface area contributed by atoms with Crippen molar-refractivity contribution in [3.8, 4) is 5.75 Å². The predicted molar refractivity (Wildman–Crippen MR) is 72.7 cm³/mol. The fourth-order valence-corrected chi connectivity index (χ4v) is 1.68. The molecule has 0 aliphatic heterocycles. The largest absolute Gasteiger partial charge is 0.495 e. The number of hydrogen-bond acceptors (Lipinski definition) is 3. The summed E-state index contributed by atoms with van der Waals surface area (Å²) in [4.78, 5) is 22.7. The zero-order valence-corrected chi connectivity index (χ0v) is 11.7. The second-order valence-corrected chi connectivity index (χ2v) is 5.17. The Balaban J connectivity index is 2.73. The van der Waals surface area contributed by atoms with Gasteiger partial charge < -0.3 is 15.2 Å². The first-order chi connectivity index (χ1) is 8.76. The highest BCUT2D eigenvalue weighted by Gasteiger charge is 2.30. The van der Waals surface area contributed by atoms with Gasteiger partial charge in [-0.05, 0) is 32.0 Å². The smallest absolute Gasteiger partial charge is 0.309 e. The lowest BCUT2D eigenvalue weighted by Gasteiger charge is -2.18. The molecule has 0 saturated carbocycles. The van der Waals surface area contributed by atoms with E-state index in [0.717, 1.165) is 0 Å². The first-order valence-corrected chi connectivity index (χ1v) is 6.01. The van der Waals surface area contributed by atoms with E-state index in [0.29, 0.717) is 16.5 Å². The Morgan fingerprint density at radius 1 is 1.42 bits per heavy atom. The third-order valence-corrected chi connectivity index (χ3v) is 2.91. The zero-order chi connectivity index (χ0) is 14.6. The summed E-state index contributed by atoms with van der Waals surface area (Å²) in [6.07, 6.45) is -0.119. The number of hydrogen-bond donors (Lipinski definition) is 2. The molecule has 0 fully saturated rings. The van der Waals surface area contributed by atoms with Crippen molar-refractivity contribution in [2.24, 2.45) is 5.41 Å². The fourth-order valence-electron chi connectivity index (χ4n) is 1.43. The van der Waals surface area contributed by atoms with Gasteiger partial charge in [0.05, 0.1) is 17.5 Å². The SMILES string of the molecule is COc1ccc(NC(=O)CC(C)(C)C(=O)O)cc1Cl. The van der Waals surface area contributed by atoms with Crippen LogP contribution >= 0.6 is 11.6 Å². The van der Waals surface area contributed by atoms with Gasteiger partial charge in [-0.25, -0.2) is 0 Å². The van der Waals surface area contributed by atoms with Crippen LogP contribution in [0, 0.1) is 5.41 Å². The summed E-state index contributed by atoms with van der Waals surface area (Å²) in [6.45, 7) is 2.99. The molecule has 0 saturated heterocycles. The number of benzene rings is 1. The van der Waals surface area contributed by atoms with E-state index in [1.54, 1.807) is 18.2 Å². The molecule has 1 rings (SSSR count). The molecule has 0 radical (unpaired) electrons. The van der Waals surface area contributed by atoms with Gasteiger partial charge in [-0.2, -0.15) is 0 Å². The quantitative estimate of drug-likeness (QED) is 0.872. The van der Waals surface area contributed by atoms with Gasteiger partial charge in [0.1, 0.15) is 5.75 Å². The first kappa shape index (κ1) is 15.3.